The summed E-state index contributed by atoms with van der Waals surface area (Å²) in [7, 11) is 1.80. The standard InChI is InChI=1S/C15H12Cl2N4.C2HF3O2/c1-19-14-12-3-2-8(6-13(12)20-15(18)21-14)9-4-10(16)7-11(17)5-9;3-2(4,5)1(6)7/h2-7H,1H3,(H3,18,19,20,21);(H,6,7). The van der Waals surface area contributed by atoms with Crippen molar-refractivity contribution < 1.29 is 23.1 Å². The number of carboxylic acid groups (broad SMARTS) is 1. The average Bonchev–Trinajstić information content (AvgIpc) is 2.59. The maximum atomic E-state index is 10.6. The molecule has 3 aromatic rings. The Bertz CT molecular complexity index is 1010. The Labute approximate surface area is 167 Å². The van der Waals surface area contributed by atoms with Crippen LogP contribution in [0, 0.1) is 0 Å². The lowest BCUT2D eigenvalue weighted by Crippen LogP contribution is -2.21. The van der Waals surface area contributed by atoms with E-state index in [9.17, 15) is 13.2 Å². The van der Waals surface area contributed by atoms with E-state index < -0.39 is 12.1 Å². The lowest BCUT2D eigenvalue weighted by atomic mass is 10.0. The van der Waals surface area contributed by atoms with Crippen LogP contribution < -0.4 is 11.1 Å². The van der Waals surface area contributed by atoms with E-state index in [1.165, 1.54) is 0 Å². The molecule has 0 radical (unpaired) electrons. The molecule has 4 N–H and O–H groups in total. The van der Waals surface area contributed by atoms with Gasteiger partial charge in [0.15, 0.2) is 0 Å². The van der Waals surface area contributed by atoms with E-state index in [4.69, 9.17) is 38.8 Å². The lowest BCUT2D eigenvalue weighted by molar-refractivity contribution is -0.192. The molecule has 0 bridgehead atoms. The Balaban J connectivity index is 0.000000345. The average molecular weight is 433 g/mol. The predicted molar refractivity (Wildman–Crippen MR) is 103 cm³/mol. The Morgan fingerprint density at radius 2 is 1.64 bits per heavy atom. The van der Waals surface area contributed by atoms with Crippen LogP contribution in [-0.2, 0) is 4.79 Å². The van der Waals surface area contributed by atoms with E-state index >= 15 is 0 Å². The molecule has 0 atom stereocenters. The van der Waals surface area contributed by atoms with Crippen molar-refractivity contribution in [3.63, 3.8) is 0 Å². The minimum absolute atomic E-state index is 0.230. The van der Waals surface area contributed by atoms with Crippen LogP contribution in [0.3, 0.4) is 0 Å². The predicted octanol–water partition coefficient (Wildman–Crippen LogP) is 4.86. The molecule has 1 heterocycles. The molecular weight excluding hydrogens is 420 g/mol. The number of aromatic nitrogens is 2. The molecule has 0 amide bonds. The molecule has 0 aliphatic rings. The van der Waals surface area contributed by atoms with Gasteiger partial charge in [-0.2, -0.15) is 18.2 Å². The Morgan fingerprint density at radius 3 is 2.14 bits per heavy atom. The molecule has 28 heavy (non-hydrogen) atoms. The van der Waals surface area contributed by atoms with Crippen LogP contribution in [0.2, 0.25) is 10.0 Å². The van der Waals surface area contributed by atoms with Gasteiger partial charge in [0.05, 0.1) is 5.52 Å². The van der Waals surface area contributed by atoms with Crippen molar-refractivity contribution in [3.8, 4) is 11.1 Å². The van der Waals surface area contributed by atoms with Crippen LogP contribution in [0.5, 0.6) is 0 Å². The van der Waals surface area contributed by atoms with E-state index in [0.29, 0.717) is 15.9 Å². The number of fused-ring (bicyclic) bond motifs is 1. The van der Waals surface area contributed by atoms with Gasteiger partial charge in [0.25, 0.3) is 0 Å². The van der Waals surface area contributed by atoms with Gasteiger partial charge in [0.1, 0.15) is 5.82 Å². The largest absolute Gasteiger partial charge is 0.490 e. The number of anilines is 2. The lowest BCUT2D eigenvalue weighted by Gasteiger charge is -2.08. The zero-order valence-electron chi connectivity index (χ0n) is 14.2. The summed E-state index contributed by atoms with van der Waals surface area (Å²) in [5.74, 6) is -1.83. The van der Waals surface area contributed by atoms with E-state index in [1.807, 2.05) is 30.3 Å². The Hall–Kier alpha value is -2.78. The first-order valence-corrected chi connectivity index (χ1v) is 8.28. The van der Waals surface area contributed by atoms with Crippen molar-refractivity contribution in [2.75, 3.05) is 18.1 Å². The second kappa shape index (κ2) is 8.49. The molecule has 0 aliphatic heterocycles. The first-order chi connectivity index (χ1) is 13.0. The molecule has 11 heteroatoms. The third kappa shape index (κ3) is 5.37. The number of nitrogens with one attached hydrogen (secondary N) is 1. The number of nitrogens with two attached hydrogens (primary N) is 1. The normalized spacial score (nSPS) is 10.9. The number of carboxylic acids is 1. The number of rotatable bonds is 2. The number of nitrogens with zero attached hydrogens (tertiary/aromatic N) is 2. The smallest absolute Gasteiger partial charge is 0.475 e. The van der Waals surface area contributed by atoms with Crippen molar-refractivity contribution in [1.82, 2.24) is 9.97 Å². The number of halogens is 5. The summed E-state index contributed by atoms with van der Waals surface area (Å²) < 4.78 is 31.7. The number of aliphatic carboxylic acids is 1. The topological polar surface area (TPSA) is 101 Å². The molecular formula is C17H13Cl2F3N4O2. The van der Waals surface area contributed by atoms with Crippen molar-refractivity contribution in [2.24, 2.45) is 0 Å². The summed E-state index contributed by atoms with van der Waals surface area (Å²) in [5.41, 5.74) is 8.39. The molecule has 0 unspecified atom stereocenters. The molecule has 148 valence electrons. The van der Waals surface area contributed by atoms with Gasteiger partial charge in [-0.15, -0.1) is 0 Å². The summed E-state index contributed by atoms with van der Waals surface area (Å²) in [6, 6.07) is 11.3. The summed E-state index contributed by atoms with van der Waals surface area (Å²) in [4.78, 5) is 17.3. The molecule has 2 aromatic carbocycles. The highest BCUT2D eigenvalue weighted by Gasteiger charge is 2.38. The van der Waals surface area contributed by atoms with Crippen molar-refractivity contribution in [3.05, 3.63) is 46.4 Å². The number of hydrogen-bond acceptors (Lipinski definition) is 5. The highest BCUT2D eigenvalue weighted by molar-refractivity contribution is 6.35. The van der Waals surface area contributed by atoms with Crippen LogP contribution in [0.4, 0.5) is 24.9 Å². The van der Waals surface area contributed by atoms with E-state index in [0.717, 1.165) is 22.0 Å². The minimum atomic E-state index is -5.08. The second-order valence-electron chi connectivity index (χ2n) is 5.37. The summed E-state index contributed by atoms with van der Waals surface area (Å²) in [5, 5.41) is 12.2. The van der Waals surface area contributed by atoms with Crippen LogP contribution in [0.25, 0.3) is 22.0 Å². The van der Waals surface area contributed by atoms with Crippen molar-refractivity contribution >= 4 is 51.8 Å². The van der Waals surface area contributed by atoms with E-state index in [-0.39, 0.29) is 5.95 Å². The van der Waals surface area contributed by atoms with Crippen LogP contribution in [0.1, 0.15) is 0 Å². The van der Waals surface area contributed by atoms with Gasteiger partial charge >= 0.3 is 12.1 Å². The number of hydrogen-bond donors (Lipinski definition) is 3. The van der Waals surface area contributed by atoms with Crippen LogP contribution in [0.15, 0.2) is 36.4 Å². The van der Waals surface area contributed by atoms with Crippen LogP contribution >= 0.6 is 23.2 Å². The molecule has 0 spiro atoms. The summed E-state index contributed by atoms with van der Waals surface area (Å²) >= 11 is 12.1. The number of benzene rings is 2. The van der Waals surface area contributed by atoms with Gasteiger partial charge in [0.2, 0.25) is 5.95 Å². The van der Waals surface area contributed by atoms with E-state index in [1.54, 1.807) is 13.1 Å². The first-order valence-electron chi connectivity index (χ1n) is 7.53. The second-order valence-corrected chi connectivity index (χ2v) is 6.25. The quantitative estimate of drug-likeness (QED) is 0.534. The molecule has 0 saturated heterocycles. The van der Waals surface area contributed by atoms with Gasteiger partial charge in [-0.3, -0.25) is 0 Å². The van der Waals surface area contributed by atoms with Gasteiger partial charge in [-0.25, -0.2) is 9.78 Å². The van der Waals surface area contributed by atoms with Gasteiger partial charge in [0, 0.05) is 22.5 Å². The number of carbonyl (C=O) groups is 1. The first kappa shape index (κ1) is 21.5. The number of nitrogen functional groups attached to an aromatic ring is 1. The van der Waals surface area contributed by atoms with Gasteiger partial charge in [-0.05, 0) is 41.5 Å². The van der Waals surface area contributed by atoms with Crippen molar-refractivity contribution in [2.45, 2.75) is 6.18 Å². The zero-order valence-corrected chi connectivity index (χ0v) is 15.7. The summed E-state index contributed by atoms with van der Waals surface area (Å²) in [6.45, 7) is 0. The molecule has 6 nitrogen and oxygen atoms in total. The minimum Gasteiger partial charge on any atom is -0.475 e. The zero-order chi connectivity index (χ0) is 21.1. The SMILES string of the molecule is CNc1nc(N)nc2cc(-c3cc(Cl)cc(Cl)c3)ccc12.O=C(O)C(F)(F)F. The highest BCUT2D eigenvalue weighted by atomic mass is 35.5. The molecule has 1 aromatic heterocycles. The fourth-order valence-electron chi connectivity index (χ4n) is 2.24. The maximum Gasteiger partial charge on any atom is 0.490 e. The molecule has 0 aliphatic carbocycles. The van der Waals surface area contributed by atoms with Gasteiger partial charge in [-0.1, -0.05) is 29.3 Å². The molecule has 0 fully saturated rings. The fourth-order valence-corrected chi connectivity index (χ4v) is 2.76. The Morgan fingerprint density at radius 1 is 1.07 bits per heavy atom. The molecule has 0 saturated carbocycles. The van der Waals surface area contributed by atoms with Gasteiger partial charge < -0.3 is 16.2 Å². The fraction of sp³-hybridized carbons (Fsp3) is 0.118. The van der Waals surface area contributed by atoms with Crippen LogP contribution in [-0.4, -0.2) is 34.3 Å². The van der Waals surface area contributed by atoms with Crippen molar-refractivity contribution in [1.29, 1.82) is 0 Å². The number of alkyl halides is 3. The van der Waals surface area contributed by atoms with E-state index in [2.05, 4.69) is 15.3 Å². The Kier molecular flexibility index (Phi) is 6.52. The monoisotopic (exact) mass is 432 g/mol. The third-order valence-corrected chi connectivity index (χ3v) is 3.83. The highest BCUT2D eigenvalue weighted by Crippen LogP contribution is 2.30. The molecule has 3 rings (SSSR count). The summed E-state index contributed by atoms with van der Waals surface area (Å²) in [6.07, 6.45) is -5.08. The third-order valence-electron chi connectivity index (χ3n) is 3.39. The maximum absolute atomic E-state index is 10.6.